The first-order chi connectivity index (χ1) is 10.3. The van der Waals surface area contributed by atoms with Crippen molar-refractivity contribution >= 4 is 33.5 Å². The molecule has 2 aromatic carbocycles. The molecule has 2 aliphatic rings. The van der Waals surface area contributed by atoms with Crippen LogP contribution in [0.3, 0.4) is 0 Å². The van der Waals surface area contributed by atoms with Crippen LogP contribution in [0.25, 0.3) is 0 Å². The van der Waals surface area contributed by atoms with Crippen molar-refractivity contribution in [3.63, 3.8) is 0 Å². The van der Waals surface area contributed by atoms with Gasteiger partial charge >= 0.3 is 0 Å². The van der Waals surface area contributed by atoms with Gasteiger partial charge in [-0.3, -0.25) is 4.99 Å². The number of halogens is 1. The quantitative estimate of drug-likeness (QED) is 0.826. The molecule has 0 spiro atoms. The number of nitrogens with one attached hydrogen (secondary N) is 1. The molecule has 106 valence electrons. The van der Waals surface area contributed by atoms with Crippen molar-refractivity contribution in [1.29, 1.82) is 0 Å². The highest BCUT2D eigenvalue weighted by Crippen LogP contribution is 2.42. The number of nitrogens with zero attached hydrogens (tertiary/aromatic N) is 1. The van der Waals surface area contributed by atoms with Crippen LogP contribution < -0.4 is 5.32 Å². The lowest BCUT2D eigenvalue weighted by atomic mass is 9.87. The Balaban J connectivity index is 1.95. The van der Waals surface area contributed by atoms with E-state index in [9.17, 15) is 0 Å². The van der Waals surface area contributed by atoms with Crippen molar-refractivity contribution in [2.24, 2.45) is 4.99 Å². The predicted octanol–water partition coefficient (Wildman–Crippen LogP) is 4.19. The van der Waals surface area contributed by atoms with Crippen LogP contribution in [0, 0.1) is 0 Å². The van der Waals surface area contributed by atoms with Crippen LogP contribution in [0.5, 0.6) is 0 Å². The first-order valence-corrected chi connectivity index (χ1v) is 8.89. The van der Waals surface area contributed by atoms with E-state index in [4.69, 9.17) is 4.99 Å². The van der Waals surface area contributed by atoms with Crippen molar-refractivity contribution in [2.45, 2.75) is 16.6 Å². The van der Waals surface area contributed by atoms with Gasteiger partial charge in [0.2, 0.25) is 0 Å². The van der Waals surface area contributed by atoms with Crippen molar-refractivity contribution in [1.82, 2.24) is 5.32 Å². The Bertz CT molecular complexity index is 726. The number of fused-ring (bicyclic) bond motifs is 2. The number of thioether (sulfide) groups is 1. The average Bonchev–Trinajstić information content (AvgIpc) is 2.97. The van der Waals surface area contributed by atoms with Crippen LogP contribution in [0.4, 0.5) is 0 Å². The minimum Gasteiger partial charge on any atom is -0.371 e. The van der Waals surface area contributed by atoms with Crippen molar-refractivity contribution in [3.05, 3.63) is 63.6 Å². The fourth-order valence-corrected chi connectivity index (χ4v) is 4.51. The standard InChI is InChI=1S/C17H15BrN2S/c18-12-5-6-15-14(9-12)16(17-19-7-8-20-17)13-4-2-1-3-11(13)10-21-15/h1-6,9,16H,7-8,10H2,(H,19,20)/t16-/m0/s1. The van der Waals surface area contributed by atoms with Gasteiger partial charge < -0.3 is 5.32 Å². The van der Waals surface area contributed by atoms with E-state index in [1.807, 2.05) is 11.8 Å². The zero-order chi connectivity index (χ0) is 14.2. The fraction of sp³-hybridized carbons (Fsp3) is 0.235. The van der Waals surface area contributed by atoms with E-state index in [1.54, 1.807) is 0 Å². The van der Waals surface area contributed by atoms with E-state index in [-0.39, 0.29) is 5.92 Å². The topological polar surface area (TPSA) is 24.4 Å². The van der Waals surface area contributed by atoms with Gasteiger partial charge in [-0.25, -0.2) is 0 Å². The third-order valence-corrected chi connectivity index (χ3v) is 5.64. The Morgan fingerprint density at radius 1 is 1.14 bits per heavy atom. The predicted molar refractivity (Wildman–Crippen MR) is 92.3 cm³/mol. The van der Waals surface area contributed by atoms with Crippen LogP contribution in [0.1, 0.15) is 22.6 Å². The largest absolute Gasteiger partial charge is 0.371 e. The normalized spacial score (nSPS) is 20.0. The van der Waals surface area contributed by atoms with Crippen LogP contribution in [-0.2, 0) is 5.75 Å². The maximum Gasteiger partial charge on any atom is 0.109 e. The lowest BCUT2D eigenvalue weighted by Crippen LogP contribution is -2.27. The summed E-state index contributed by atoms with van der Waals surface area (Å²) in [4.78, 5) is 6.07. The van der Waals surface area contributed by atoms with Gasteiger partial charge in [0, 0.05) is 21.7 Å². The molecule has 0 radical (unpaired) electrons. The van der Waals surface area contributed by atoms with E-state index in [2.05, 4.69) is 63.7 Å². The zero-order valence-electron chi connectivity index (χ0n) is 11.5. The zero-order valence-corrected chi connectivity index (χ0v) is 13.9. The highest BCUT2D eigenvalue weighted by molar-refractivity contribution is 9.10. The summed E-state index contributed by atoms with van der Waals surface area (Å²) in [5.41, 5.74) is 4.15. The second-order valence-corrected chi connectivity index (χ2v) is 7.23. The van der Waals surface area contributed by atoms with E-state index >= 15 is 0 Å². The summed E-state index contributed by atoms with van der Waals surface area (Å²) in [6.45, 7) is 1.83. The van der Waals surface area contributed by atoms with Crippen LogP contribution in [0.15, 0.2) is 56.8 Å². The molecular weight excluding hydrogens is 344 g/mol. The van der Waals surface area contributed by atoms with Gasteiger partial charge in [0.15, 0.2) is 0 Å². The fourth-order valence-electron chi connectivity index (χ4n) is 3.05. The van der Waals surface area contributed by atoms with Gasteiger partial charge in [-0.05, 0) is 34.9 Å². The summed E-state index contributed by atoms with van der Waals surface area (Å²) >= 11 is 5.54. The molecule has 0 saturated heterocycles. The van der Waals surface area contributed by atoms with E-state index < -0.39 is 0 Å². The van der Waals surface area contributed by atoms with Crippen molar-refractivity contribution in [2.75, 3.05) is 13.1 Å². The number of amidine groups is 1. The summed E-state index contributed by atoms with van der Waals surface area (Å²) in [5.74, 6) is 2.37. The van der Waals surface area contributed by atoms with Crippen LogP contribution >= 0.6 is 27.7 Å². The molecule has 21 heavy (non-hydrogen) atoms. The van der Waals surface area contributed by atoms with E-state index in [1.165, 1.54) is 21.6 Å². The number of rotatable bonds is 1. The smallest absolute Gasteiger partial charge is 0.109 e. The molecule has 4 heteroatoms. The average molecular weight is 359 g/mol. The minimum absolute atomic E-state index is 0.228. The summed E-state index contributed by atoms with van der Waals surface area (Å²) in [7, 11) is 0. The maximum atomic E-state index is 4.71. The molecule has 0 fully saturated rings. The van der Waals surface area contributed by atoms with Gasteiger partial charge in [-0.2, -0.15) is 0 Å². The molecule has 1 atom stereocenters. The van der Waals surface area contributed by atoms with Gasteiger partial charge in [0.1, 0.15) is 5.84 Å². The molecule has 2 aliphatic heterocycles. The Labute approximate surface area is 137 Å². The minimum atomic E-state index is 0.228. The molecule has 2 nitrogen and oxygen atoms in total. The highest BCUT2D eigenvalue weighted by atomic mass is 79.9. The number of hydrogen-bond donors (Lipinski definition) is 1. The Morgan fingerprint density at radius 3 is 2.90 bits per heavy atom. The second kappa shape index (κ2) is 5.50. The summed E-state index contributed by atoms with van der Waals surface area (Å²) < 4.78 is 1.13. The van der Waals surface area contributed by atoms with Crippen molar-refractivity contribution < 1.29 is 0 Å². The first-order valence-electron chi connectivity index (χ1n) is 7.11. The molecular formula is C17H15BrN2S. The number of hydrogen-bond acceptors (Lipinski definition) is 3. The van der Waals surface area contributed by atoms with Crippen LogP contribution in [0.2, 0.25) is 0 Å². The molecule has 1 N–H and O–H groups in total. The summed E-state index contributed by atoms with van der Waals surface area (Å²) in [6, 6.07) is 15.4. The molecule has 0 aromatic heterocycles. The Hall–Kier alpha value is -1.26. The summed E-state index contributed by atoms with van der Waals surface area (Å²) in [6.07, 6.45) is 0. The molecule has 0 unspecified atom stereocenters. The third-order valence-electron chi connectivity index (χ3n) is 4.01. The molecule has 0 amide bonds. The monoisotopic (exact) mass is 358 g/mol. The number of aliphatic imine (C=N–C) groups is 1. The lowest BCUT2D eigenvalue weighted by molar-refractivity contribution is 0.925. The SMILES string of the molecule is Brc1ccc2c(c1)[C@@H](C1=NCCN1)c1ccccc1CS2. The van der Waals surface area contributed by atoms with Gasteiger partial charge in [0.25, 0.3) is 0 Å². The first kappa shape index (κ1) is 13.4. The van der Waals surface area contributed by atoms with Crippen molar-refractivity contribution in [3.8, 4) is 0 Å². The second-order valence-electron chi connectivity index (χ2n) is 5.30. The van der Waals surface area contributed by atoms with Gasteiger partial charge in [-0.1, -0.05) is 40.2 Å². The molecule has 0 saturated carbocycles. The lowest BCUT2D eigenvalue weighted by Gasteiger charge is -2.20. The molecule has 4 rings (SSSR count). The Morgan fingerprint density at radius 2 is 2.05 bits per heavy atom. The van der Waals surface area contributed by atoms with Crippen LogP contribution in [-0.4, -0.2) is 18.9 Å². The van der Waals surface area contributed by atoms with Gasteiger partial charge in [0.05, 0.1) is 12.5 Å². The molecule has 0 aliphatic carbocycles. The van der Waals surface area contributed by atoms with E-state index in [0.29, 0.717) is 0 Å². The molecule has 2 heterocycles. The number of benzene rings is 2. The summed E-state index contributed by atoms with van der Waals surface area (Å²) in [5, 5.41) is 3.48. The van der Waals surface area contributed by atoms with Gasteiger partial charge in [-0.15, -0.1) is 11.8 Å². The Kier molecular flexibility index (Phi) is 3.51. The maximum absolute atomic E-state index is 4.71. The molecule has 2 aromatic rings. The third kappa shape index (κ3) is 2.40. The molecule has 0 bridgehead atoms. The highest BCUT2D eigenvalue weighted by Gasteiger charge is 2.29. The van der Waals surface area contributed by atoms with E-state index in [0.717, 1.165) is 29.2 Å².